The Morgan fingerprint density at radius 3 is 2.33 bits per heavy atom. The molecule has 0 aliphatic rings. The summed E-state index contributed by atoms with van der Waals surface area (Å²) in [6.07, 6.45) is 0.826. The van der Waals surface area contributed by atoms with E-state index in [1.165, 1.54) is 0 Å². The van der Waals surface area contributed by atoms with Gasteiger partial charge in [-0.2, -0.15) is 0 Å². The Morgan fingerprint density at radius 1 is 1.12 bits per heavy atom. The predicted molar refractivity (Wildman–Crippen MR) is 135 cm³/mol. The van der Waals surface area contributed by atoms with Crippen LogP contribution in [-0.4, -0.2) is 43.0 Å². The van der Waals surface area contributed by atoms with Crippen molar-refractivity contribution in [3.63, 3.8) is 0 Å². The van der Waals surface area contributed by atoms with Crippen LogP contribution in [0.5, 0.6) is 11.5 Å². The highest BCUT2D eigenvalue weighted by atomic mass is 79.9. The molecule has 0 saturated carbocycles. The molecule has 6 nitrogen and oxygen atoms in total. The average Bonchev–Trinajstić information content (AvgIpc) is 2.79. The Bertz CT molecular complexity index is 938. The molecule has 0 aromatic heterocycles. The van der Waals surface area contributed by atoms with Gasteiger partial charge in [0.2, 0.25) is 5.91 Å². The molecule has 180 valence electrons. The molecule has 0 heterocycles. The summed E-state index contributed by atoms with van der Waals surface area (Å²) in [7, 11) is 1.61. The van der Waals surface area contributed by atoms with Gasteiger partial charge in [0.05, 0.1) is 11.6 Å². The molecule has 2 aromatic rings. The Hall–Kier alpha value is -2.54. The molecule has 0 spiro atoms. The number of benzene rings is 2. The van der Waals surface area contributed by atoms with Crippen LogP contribution >= 0.6 is 15.9 Å². The summed E-state index contributed by atoms with van der Waals surface area (Å²) in [5.74, 6) is 0.868. The smallest absolute Gasteiger partial charge is 0.261 e. The summed E-state index contributed by atoms with van der Waals surface area (Å²) in [5, 5.41) is 2.87. The van der Waals surface area contributed by atoms with Crippen molar-refractivity contribution in [1.82, 2.24) is 10.2 Å². The Morgan fingerprint density at radius 2 is 1.79 bits per heavy atom. The summed E-state index contributed by atoms with van der Waals surface area (Å²) in [6, 6.07) is 12.7. The minimum atomic E-state index is -0.638. The van der Waals surface area contributed by atoms with Gasteiger partial charge in [-0.15, -0.1) is 0 Å². The molecule has 0 fully saturated rings. The highest BCUT2D eigenvalue weighted by Crippen LogP contribution is 2.31. The van der Waals surface area contributed by atoms with Crippen molar-refractivity contribution in [2.45, 2.75) is 59.0 Å². The zero-order valence-electron chi connectivity index (χ0n) is 20.4. The molecule has 1 N–H and O–H groups in total. The highest BCUT2D eigenvalue weighted by Gasteiger charge is 2.26. The Labute approximate surface area is 205 Å². The topological polar surface area (TPSA) is 67.9 Å². The van der Waals surface area contributed by atoms with Gasteiger partial charge in [-0.1, -0.05) is 45.9 Å². The fourth-order valence-electron chi connectivity index (χ4n) is 3.21. The molecule has 2 rings (SSSR count). The number of carbonyl (C=O) groups is 2. The quantitative estimate of drug-likeness (QED) is 0.476. The van der Waals surface area contributed by atoms with Crippen molar-refractivity contribution >= 4 is 27.7 Å². The van der Waals surface area contributed by atoms with Gasteiger partial charge in [0.25, 0.3) is 5.91 Å². The number of hydrogen-bond donors (Lipinski definition) is 1. The molecule has 0 bridgehead atoms. The predicted octanol–water partition coefficient (Wildman–Crippen LogP) is 5.08. The molecule has 0 aliphatic heterocycles. The maximum atomic E-state index is 13.2. The molecule has 0 unspecified atom stereocenters. The number of methoxy groups -OCH3 is 1. The average molecular weight is 519 g/mol. The normalized spacial score (nSPS) is 12.1. The van der Waals surface area contributed by atoms with E-state index >= 15 is 0 Å². The fraction of sp³-hybridized carbons (Fsp3) is 0.462. The monoisotopic (exact) mass is 518 g/mol. The minimum Gasteiger partial charge on any atom is -0.497 e. The van der Waals surface area contributed by atoms with E-state index < -0.39 is 6.04 Å². The van der Waals surface area contributed by atoms with E-state index in [2.05, 4.69) is 42.0 Å². The third-order valence-corrected chi connectivity index (χ3v) is 6.00. The largest absolute Gasteiger partial charge is 0.497 e. The van der Waals surface area contributed by atoms with Crippen molar-refractivity contribution < 1.29 is 19.1 Å². The molecule has 33 heavy (non-hydrogen) atoms. The fourth-order valence-corrected chi connectivity index (χ4v) is 3.71. The van der Waals surface area contributed by atoms with Gasteiger partial charge in [0.1, 0.15) is 17.5 Å². The van der Waals surface area contributed by atoms with Crippen LogP contribution in [0.25, 0.3) is 0 Å². The van der Waals surface area contributed by atoms with E-state index in [1.54, 1.807) is 18.9 Å². The van der Waals surface area contributed by atoms with Crippen LogP contribution in [0.15, 0.2) is 46.9 Å². The molecule has 2 aromatic carbocycles. The third kappa shape index (κ3) is 7.77. The second-order valence-electron chi connectivity index (χ2n) is 9.02. The molecule has 1 atom stereocenters. The number of amides is 2. The van der Waals surface area contributed by atoms with E-state index in [0.717, 1.165) is 27.8 Å². The van der Waals surface area contributed by atoms with Gasteiger partial charge in [-0.25, -0.2) is 0 Å². The molecule has 7 heteroatoms. The second-order valence-corrected chi connectivity index (χ2v) is 9.87. The highest BCUT2D eigenvalue weighted by molar-refractivity contribution is 9.10. The number of carbonyl (C=O) groups excluding carboxylic acids is 2. The maximum absolute atomic E-state index is 13.2. The van der Waals surface area contributed by atoms with E-state index in [9.17, 15) is 9.59 Å². The summed E-state index contributed by atoms with van der Waals surface area (Å²) >= 11 is 3.55. The first-order chi connectivity index (χ1) is 15.6. The first kappa shape index (κ1) is 26.7. The molecular formula is C26H35BrN2O4. The number of hydrogen-bond acceptors (Lipinski definition) is 4. The van der Waals surface area contributed by atoms with Gasteiger partial charge in [-0.3, -0.25) is 9.59 Å². The molecule has 0 aliphatic carbocycles. The van der Waals surface area contributed by atoms with Gasteiger partial charge >= 0.3 is 0 Å². The number of halogens is 1. The minimum absolute atomic E-state index is 0.00726. The van der Waals surface area contributed by atoms with Gasteiger partial charge in [0.15, 0.2) is 6.61 Å². The van der Waals surface area contributed by atoms with Crippen LogP contribution < -0.4 is 14.8 Å². The van der Waals surface area contributed by atoms with E-state index in [1.807, 2.05) is 49.4 Å². The molecular weight excluding hydrogens is 484 g/mol. The van der Waals surface area contributed by atoms with Gasteiger partial charge in [-0.05, 0) is 70.1 Å². The summed E-state index contributed by atoms with van der Waals surface area (Å²) in [4.78, 5) is 27.4. The van der Waals surface area contributed by atoms with Gasteiger partial charge in [0, 0.05) is 13.1 Å². The summed E-state index contributed by atoms with van der Waals surface area (Å²) < 4.78 is 11.8. The van der Waals surface area contributed by atoms with Crippen molar-refractivity contribution in [2.24, 2.45) is 0 Å². The maximum Gasteiger partial charge on any atom is 0.261 e. The summed E-state index contributed by atoms with van der Waals surface area (Å²) in [5.41, 5.74) is 2.07. The lowest BCUT2D eigenvalue weighted by atomic mass is 9.87. The van der Waals surface area contributed by atoms with E-state index in [4.69, 9.17) is 9.47 Å². The van der Waals surface area contributed by atoms with Crippen molar-refractivity contribution in [3.05, 3.63) is 58.1 Å². The van der Waals surface area contributed by atoms with Crippen molar-refractivity contribution in [1.29, 1.82) is 0 Å². The third-order valence-electron chi connectivity index (χ3n) is 5.38. The first-order valence-corrected chi connectivity index (χ1v) is 12.0. The summed E-state index contributed by atoms with van der Waals surface area (Å²) in [6.45, 7) is 10.8. The number of ether oxygens (including phenoxy) is 2. The van der Waals surface area contributed by atoms with Crippen LogP contribution in [0.4, 0.5) is 0 Å². The van der Waals surface area contributed by atoms with E-state index in [0.29, 0.717) is 12.3 Å². The standard InChI is InChI=1S/C26H35BrN2O4/c1-7-14-28-25(31)18(2)29(16-19-8-11-21(32-6)12-9-19)24(30)17-33-23-13-10-20(15-22(23)27)26(3,4)5/h8-13,15,18H,7,14,16-17H2,1-6H3,(H,28,31)/t18-/m0/s1. The number of rotatable bonds is 10. The van der Waals surface area contributed by atoms with E-state index in [-0.39, 0.29) is 30.4 Å². The van der Waals surface area contributed by atoms with Crippen LogP contribution in [0.2, 0.25) is 0 Å². The van der Waals surface area contributed by atoms with Crippen LogP contribution in [0, 0.1) is 0 Å². The molecule has 0 saturated heterocycles. The zero-order valence-corrected chi connectivity index (χ0v) is 22.0. The molecule has 2 amide bonds. The van der Waals surface area contributed by atoms with Crippen molar-refractivity contribution in [2.75, 3.05) is 20.3 Å². The van der Waals surface area contributed by atoms with Crippen molar-refractivity contribution in [3.8, 4) is 11.5 Å². The molecule has 0 radical (unpaired) electrons. The Kier molecular flexibility index (Phi) is 9.77. The van der Waals surface area contributed by atoms with Crippen LogP contribution in [0.1, 0.15) is 52.2 Å². The lowest BCUT2D eigenvalue weighted by Crippen LogP contribution is -2.49. The second kappa shape index (κ2) is 12.1. The van der Waals surface area contributed by atoms with Gasteiger partial charge < -0.3 is 19.7 Å². The zero-order chi connectivity index (χ0) is 24.6. The first-order valence-electron chi connectivity index (χ1n) is 11.2. The number of nitrogens with zero attached hydrogens (tertiary/aromatic N) is 1. The number of nitrogens with one attached hydrogen (secondary N) is 1. The lowest BCUT2D eigenvalue weighted by Gasteiger charge is -2.29. The SMILES string of the molecule is CCCNC(=O)[C@H](C)N(Cc1ccc(OC)cc1)C(=O)COc1ccc(C(C)(C)C)cc1Br. The Balaban J connectivity index is 2.17. The lowest BCUT2D eigenvalue weighted by molar-refractivity contribution is -0.142. The van der Waals surface area contributed by atoms with Crippen LogP contribution in [-0.2, 0) is 21.5 Å². The van der Waals surface area contributed by atoms with Crippen LogP contribution in [0.3, 0.4) is 0 Å².